The third-order valence-corrected chi connectivity index (χ3v) is 3.43. The molecule has 1 aliphatic carbocycles. The highest BCUT2D eigenvalue weighted by Crippen LogP contribution is 2.38. The Hall–Kier alpha value is -0.860. The van der Waals surface area contributed by atoms with Gasteiger partial charge < -0.3 is 10.2 Å². The van der Waals surface area contributed by atoms with Gasteiger partial charge in [0.15, 0.2) is 0 Å². The van der Waals surface area contributed by atoms with Gasteiger partial charge in [-0.1, -0.05) is 24.3 Å². The fourth-order valence-corrected chi connectivity index (χ4v) is 2.44. The van der Waals surface area contributed by atoms with Crippen molar-refractivity contribution in [3.8, 4) is 0 Å². The average molecular weight is 206 g/mol. The lowest BCUT2D eigenvalue weighted by molar-refractivity contribution is -0.0365. The van der Waals surface area contributed by atoms with Gasteiger partial charge in [-0.3, -0.25) is 0 Å². The molecular weight excluding hydrogens is 188 g/mol. The summed E-state index contributed by atoms with van der Waals surface area (Å²) >= 11 is 0. The molecule has 15 heavy (non-hydrogen) atoms. The molecular formula is C13H18O2. The molecule has 1 aromatic rings. The van der Waals surface area contributed by atoms with Crippen molar-refractivity contribution in [3.05, 3.63) is 35.4 Å². The second kappa shape index (κ2) is 3.95. The minimum atomic E-state index is -0.718. The summed E-state index contributed by atoms with van der Waals surface area (Å²) < 4.78 is 0. The minimum Gasteiger partial charge on any atom is -0.393 e. The Morgan fingerprint density at radius 2 is 1.80 bits per heavy atom. The molecule has 0 saturated heterocycles. The summed E-state index contributed by atoms with van der Waals surface area (Å²) in [4.78, 5) is 0. The summed E-state index contributed by atoms with van der Waals surface area (Å²) in [6.45, 7) is 2.03. The zero-order valence-electron chi connectivity index (χ0n) is 9.11. The second-order valence-electron chi connectivity index (χ2n) is 4.58. The van der Waals surface area contributed by atoms with Gasteiger partial charge in [0.05, 0.1) is 11.7 Å². The zero-order valence-corrected chi connectivity index (χ0v) is 9.11. The monoisotopic (exact) mass is 206 g/mol. The fourth-order valence-electron chi connectivity index (χ4n) is 2.44. The van der Waals surface area contributed by atoms with Crippen molar-refractivity contribution in [2.45, 2.75) is 44.3 Å². The van der Waals surface area contributed by atoms with E-state index in [9.17, 15) is 10.2 Å². The van der Waals surface area contributed by atoms with Crippen molar-refractivity contribution in [1.29, 1.82) is 0 Å². The largest absolute Gasteiger partial charge is 0.393 e. The molecule has 2 nitrogen and oxygen atoms in total. The summed E-state index contributed by atoms with van der Waals surface area (Å²) in [5, 5.41) is 20.0. The third-order valence-electron chi connectivity index (χ3n) is 3.43. The van der Waals surface area contributed by atoms with Crippen LogP contribution >= 0.6 is 0 Å². The second-order valence-corrected chi connectivity index (χ2v) is 4.58. The van der Waals surface area contributed by atoms with E-state index in [2.05, 4.69) is 0 Å². The average Bonchev–Trinajstić information content (AvgIpc) is 2.23. The first-order chi connectivity index (χ1) is 7.12. The first kappa shape index (κ1) is 10.7. The normalized spacial score (nSPS) is 31.5. The van der Waals surface area contributed by atoms with Crippen LogP contribution in [0.15, 0.2) is 24.3 Å². The van der Waals surface area contributed by atoms with E-state index in [4.69, 9.17) is 0 Å². The minimum absolute atomic E-state index is 0.228. The summed E-state index contributed by atoms with van der Waals surface area (Å²) in [6.07, 6.45) is 2.50. The maximum Gasteiger partial charge on any atom is 0.0901 e. The van der Waals surface area contributed by atoms with E-state index in [0.29, 0.717) is 25.7 Å². The van der Waals surface area contributed by atoms with E-state index >= 15 is 0 Å². The molecule has 0 atom stereocenters. The van der Waals surface area contributed by atoms with Crippen LogP contribution in [0.1, 0.15) is 36.8 Å². The number of hydrogen-bond donors (Lipinski definition) is 2. The number of benzene rings is 1. The van der Waals surface area contributed by atoms with Gasteiger partial charge in [0.25, 0.3) is 0 Å². The quantitative estimate of drug-likeness (QED) is 0.739. The third kappa shape index (κ3) is 2.06. The summed E-state index contributed by atoms with van der Waals surface area (Å²) in [6, 6.07) is 7.97. The Labute approximate surface area is 90.6 Å². The number of rotatable bonds is 1. The lowest BCUT2D eigenvalue weighted by Crippen LogP contribution is -2.33. The van der Waals surface area contributed by atoms with E-state index in [0.717, 1.165) is 11.1 Å². The topological polar surface area (TPSA) is 40.5 Å². The highest BCUT2D eigenvalue weighted by atomic mass is 16.3. The number of hydrogen-bond acceptors (Lipinski definition) is 2. The highest BCUT2D eigenvalue weighted by molar-refractivity contribution is 5.31. The molecule has 0 unspecified atom stereocenters. The Balaban J connectivity index is 2.26. The Kier molecular flexibility index (Phi) is 2.81. The van der Waals surface area contributed by atoms with E-state index in [-0.39, 0.29) is 6.10 Å². The molecule has 2 rings (SSSR count). The van der Waals surface area contributed by atoms with Gasteiger partial charge in [-0.25, -0.2) is 0 Å². The highest BCUT2D eigenvalue weighted by Gasteiger charge is 2.34. The molecule has 0 aliphatic heterocycles. The van der Waals surface area contributed by atoms with Crippen molar-refractivity contribution in [3.63, 3.8) is 0 Å². The van der Waals surface area contributed by atoms with Gasteiger partial charge in [0.1, 0.15) is 0 Å². The van der Waals surface area contributed by atoms with Gasteiger partial charge in [-0.15, -0.1) is 0 Å². The van der Waals surface area contributed by atoms with Crippen molar-refractivity contribution in [1.82, 2.24) is 0 Å². The first-order valence-corrected chi connectivity index (χ1v) is 5.58. The molecule has 1 saturated carbocycles. The van der Waals surface area contributed by atoms with Crippen LogP contribution in [-0.2, 0) is 5.60 Å². The summed E-state index contributed by atoms with van der Waals surface area (Å²) in [5.41, 5.74) is 1.44. The van der Waals surface area contributed by atoms with E-state index < -0.39 is 5.60 Å². The molecule has 1 aliphatic rings. The van der Waals surface area contributed by atoms with Crippen LogP contribution in [0.2, 0.25) is 0 Å². The van der Waals surface area contributed by atoms with E-state index in [1.807, 2.05) is 31.2 Å². The molecule has 1 fully saturated rings. The smallest absolute Gasteiger partial charge is 0.0901 e. The number of aliphatic hydroxyl groups excluding tert-OH is 1. The van der Waals surface area contributed by atoms with Crippen LogP contribution in [-0.4, -0.2) is 16.3 Å². The SMILES string of the molecule is Cc1ccccc1C1(O)CCC(O)CC1. The maximum atomic E-state index is 10.5. The predicted molar refractivity (Wildman–Crippen MR) is 59.6 cm³/mol. The van der Waals surface area contributed by atoms with Crippen molar-refractivity contribution < 1.29 is 10.2 Å². The van der Waals surface area contributed by atoms with Gasteiger partial charge in [0, 0.05) is 0 Å². The van der Waals surface area contributed by atoms with Crippen LogP contribution in [0.3, 0.4) is 0 Å². The predicted octanol–water partition coefficient (Wildman–Crippen LogP) is 2.12. The molecule has 0 aromatic heterocycles. The molecule has 0 radical (unpaired) electrons. The van der Waals surface area contributed by atoms with Gasteiger partial charge in [-0.05, 0) is 43.7 Å². The van der Waals surface area contributed by atoms with Gasteiger partial charge in [-0.2, -0.15) is 0 Å². The standard InChI is InChI=1S/C13H18O2/c1-10-4-2-3-5-12(10)13(15)8-6-11(14)7-9-13/h2-5,11,14-15H,6-9H2,1H3. The van der Waals surface area contributed by atoms with E-state index in [1.54, 1.807) is 0 Å². The van der Waals surface area contributed by atoms with Gasteiger partial charge >= 0.3 is 0 Å². The molecule has 0 bridgehead atoms. The van der Waals surface area contributed by atoms with Crippen LogP contribution in [0.25, 0.3) is 0 Å². The molecule has 2 heteroatoms. The van der Waals surface area contributed by atoms with Gasteiger partial charge in [0.2, 0.25) is 0 Å². The van der Waals surface area contributed by atoms with Crippen molar-refractivity contribution >= 4 is 0 Å². The van der Waals surface area contributed by atoms with Crippen molar-refractivity contribution in [2.24, 2.45) is 0 Å². The molecule has 0 amide bonds. The lowest BCUT2D eigenvalue weighted by Gasteiger charge is -2.35. The molecule has 0 heterocycles. The van der Waals surface area contributed by atoms with Crippen LogP contribution in [0.5, 0.6) is 0 Å². The molecule has 0 spiro atoms. The van der Waals surface area contributed by atoms with Crippen LogP contribution < -0.4 is 0 Å². The first-order valence-electron chi connectivity index (χ1n) is 5.58. The molecule has 82 valence electrons. The number of aryl methyl sites for hydroxylation is 1. The van der Waals surface area contributed by atoms with E-state index in [1.165, 1.54) is 0 Å². The fraction of sp³-hybridized carbons (Fsp3) is 0.538. The Morgan fingerprint density at radius 1 is 1.20 bits per heavy atom. The molecule has 1 aromatic carbocycles. The zero-order chi connectivity index (χ0) is 10.9. The maximum absolute atomic E-state index is 10.5. The van der Waals surface area contributed by atoms with Crippen LogP contribution in [0.4, 0.5) is 0 Å². The lowest BCUT2D eigenvalue weighted by atomic mass is 9.77. The Bertz CT molecular complexity index is 338. The summed E-state index contributed by atoms with van der Waals surface area (Å²) in [5.74, 6) is 0. The number of aliphatic hydroxyl groups is 2. The Morgan fingerprint density at radius 3 is 2.40 bits per heavy atom. The van der Waals surface area contributed by atoms with Crippen molar-refractivity contribution in [2.75, 3.05) is 0 Å². The summed E-state index contributed by atoms with van der Waals surface area (Å²) in [7, 11) is 0. The van der Waals surface area contributed by atoms with Crippen LogP contribution in [0, 0.1) is 6.92 Å². The molecule has 2 N–H and O–H groups in total.